The van der Waals surface area contributed by atoms with Crippen LogP contribution in [0, 0.1) is 23.7 Å². The summed E-state index contributed by atoms with van der Waals surface area (Å²) in [5.74, 6) is 0.946. The molecular formula is C11H21NO2. The van der Waals surface area contributed by atoms with Gasteiger partial charge in [-0.3, -0.25) is 4.79 Å². The molecule has 14 heavy (non-hydrogen) atoms. The summed E-state index contributed by atoms with van der Waals surface area (Å²) in [5.41, 5.74) is 0. The molecule has 3 heteroatoms. The average Bonchev–Trinajstić information content (AvgIpc) is 2.42. The van der Waals surface area contributed by atoms with Gasteiger partial charge in [-0.25, -0.2) is 0 Å². The molecule has 3 nitrogen and oxygen atoms in total. The minimum atomic E-state index is -0.206. The minimum Gasteiger partial charge on any atom is -0.396 e. The van der Waals surface area contributed by atoms with Gasteiger partial charge in [0.05, 0.1) is 12.5 Å². The summed E-state index contributed by atoms with van der Waals surface area (Å²) in [6.07, 6.45) is 0. The maximum atomic E-state index is 11.6. The van der Waals surface area contributed by atoms with Gasteiger partial charge < -0.3 is 10.4 Å². The number of carbonyl (C=O) groups is 1. The van der Waals surface area contributed by atoms with Crippen LogP contribution >= 0.6 is 0 Å². The van der Waals surface area contributed by atoms with Crippen molar-refractivity contribution >= 4 is 5.91 Å². The summed E-state index contributed by atoms with van der Waals surface area (Å²) in [6.45, 7) is 8.42. The Balaban J connectivity index is 2.85. The molecule has 3 atom stereocenters. The normalized spacial score (nSPS) is 32.8. The third-order valence-electron chi connectivity index (χ3n) is 3.21. The second kappa shape index (κ2) is 4.30. The number of carbonyl (C=O) groups excluding carboxylic acids is 1. The molecule has 0 saturated carbocycles. The highest BCUT2D eigenvalue weighted by Gasteiger charge is 2.44. The number of nitrogens with one attached hydrogen (secondary N) is 1. The van der Waals surface area contributed by atoms with Crippen molar-refractivity contribution in [1.29, 1.82) is 0 Å². The first-order valence-electron chi connectivity index (χ1n) is 5.40. The van der Waals surface area contributed by atoms with Crippen LogP contribution in [0.3, 0.4) is 0 Å². The lowest BCUT2D eigenvalue weighted by Gasteiger charge is -2.27. The van der Waals surface area contributed by atoms with Gasteiger partial charge in [0.1, 0.15) is 0 Å². The molecular weight excluding hydrogens is 178 g/mol. The smallest absolute Gasteiger partial charge is 0.226 e. The van der Waals surface area contributed by atoms with Crippen LogP contribution in [-0.2, 0) is 4.79 Å². The fraction of sp³-hybridized carbons (Fsp3) is 0.909. The van der Waals surface area contributed by atoms with E-state index in [0.29, 0.717) is 11.8 Å². The molecule has 0 aromatic heterocycles. The molecule has 0 aliphatic carbocycles. The predicted molar refractivity (Wildman–Crippen MR) is 55.7 cm³/mol. The van der Waals surface area contributed by atoms with Gasteiger partial charge >= 0.3 is 0 Å². The Hall–Kier alpha value is -0.570. The summed E-state index contributed by atoms with van der Waals surface area (Å²) >= 11 is 0. The fourth-order valence-corrected chi connectivity index (χ4v) is 2.49. The minimum absolute atomic E-state index is 0.0184. The summed E-state index contributed by atoms with van der Waals surface area (Å²) in [7, 11) is 0. The second-order valence-electron chi connectivity index (χ2n) is 4.89. The predicted octanol–water partition coefficient (Wildman–Crippen LogP) is 1.02. The highest BCUT2D eigenvalue weighted by Crippen LogP contribution is 2.33. The number of amides is 1. The van der Waals surface area contributed by atoms with E-state index in [1.807, 2.05) is 0 Å². The molecule has 0 aromatic rings. The molecule has 1 heterocycles. The molecule has 1 amide bonds. The van der Waals surface area contributed by atoms with E-state index in [1.165, 1.54) is 0 Å². The van der Waals surface area contributed by atoms with Crippen molar-refractivity contribution in [2.24, 2.45) is 23.7 Å². The summed E-state index contributed by atoms with van der Waals surface area (Å²) in [5, 5.41) is 12.2. The monoisotopic (exact) mass is 199 g/mol. The lowest BCUT2D eigenvalue weighted by atomic mass is 9.78. The molecule has 1 rings (SSSR count). The first-order valence-corrected chi connectivity index (χ1v) is 5.40. The molecule has 82 valence electrons. The van der Waals surface area contributed by atoms with Gasteiger partial charge in [-0.05, 0) is 17.8 Å². The number of aliphatic hydroxyl groups excluding tert-OH is 1. The van der Waals surface area contributed by atoms with Gasteiger partial charge in [0.25, 0.3) is 0 Å². The van der Waals surface area contributed by atoms with Crippen LogP contribution in [0.4, 0.5) is 0 Å². The van der Waals surface area contributed by atoms with Crippen molar-refractivity contribution in [3.8, 4) is 0 Å². The molecule has 1 saturated heterocycles. The zero-order valence-electron chi connectivity index (χ0n) is 9.45. The lowest BCUT2D eigenvalue weighted by Crippen LogP contribution is -2.36. The van der Waals surface area contributed by atoms with Gasteiger partial charge in [0, 0.05) is 6.04 Å². The Morgan fingerprint density at radius 3 is 2.21 bits per heavy atom. The quantitative estimate of drug-likeness (QED) is 0.713. The van der Waals surface area contributed by atoms with Crippen molar-refractivity contribution in [2.75, 3.05) is 6.61 Å². The maximum absolute atomic E-state index is 11.6. The number of aliphatic hydroxyl groups is 1. The van der Waals surface area contributed by atoms with Gasteiger partial charge in [-0.2, -0.15) is 0 Å². The molecule has 2 N–H and O–H groups in total. The van der Waals surface area contributed by atoms with Crippen molar-refractivity contribution in [1.82, 2.24) is 5.32 Å². The van der Waals surface area contributed by atoms with Crippen LogP contribution in [0.5, 0.6) is 0 Å². The van der Waals surface area contributed by atoms with Crippen LogP contribution in [0.2, 0.25) is 0 Å². The highest BCUT2D eigenvalue weighted by atomic mass is 16.3. The van der Waals surface area contributed by atoms with E-state index in [0.717, 1.165) is 0 Å². The maximum Gasteiger partial charge on any atom is 0.226 e. The first-order chi connectivity index (χ1) is 6.49. The zero-order valence-corrected chi connectivity index (χ0v) is 9.45. The zero-order chi connectivity index (χ0) is 10.9. The van der Waals surface area contributed by atoms with Crippen molar-refractivity contribution in [3.05, 3.63) is 0 Å². The van der Waals surface area contributed by atoms with E-state index in [2.05, 4.69) is 33.0 Å². The van der Waals surface area contributed by atoms with E-state index in [-0.39, 0.29) is 30.4 Å². The molecule has 1 aliphatic heterocycles. The van der Waals surface area contributed by atoms with Crippen LogP contribution in [-0.4, -0.2) is 23.7 Å². The Labute approximate surface area is 85.9 Å². The van der Waals surface area contributed by atoms with Crippen molar-refractivity contribution in [2.45, 2.75) is 33.7 Å². The van der Waals surface area contributed by atoms with E-state index in [1.54, 1.807) is 0 Å². The van der Waals surface area contributed by atoms with Crippen LogP contribution < -0.4 is 5.32 Å². The average molecular weight is 199 g/mol. The molecule has 0 aromatic carbocycles. The SMILES string of the molecule is CC(C)[C@H]1[C@@H](C(C)C)NC(=O)[C@@H]1CO. The Morgan fingerprint density at radius 2 is 1.86 bits per heavy atom. The molecule has 0 radical (unpaired) electrons. The van der Waals surface area contributed by atoms with Crippen molar-refractivity contribution in [3.63, 3.8) is 0 Å². The molecule has 1 aliphatic rings. The summed E-state index contributed by atoms with van der Waals surface area (Å²) < 4.78 is 0. The van der Waals surface area contributed by atoms with Gasteiger partial charge in [-0.1, -0.05) is 27.7 Å². The summed E-state index contributed by atoms with van der Waals surface area (Å²) in [6, 6.07) is 0.222. The van der Waals surface area contributed by atoms with Crippen LogP contribution in [0.1, 0.15) is 27.7 Å². The highest BCUT2D eigenvalue weighted by molar-refractivity contribution is 5.82. The lowest BCUT2D eigenvalue weighted by molar-refractivity contribution is -0.124. The number of hydrogen-bond donors (Lipinski definition) is 2. The fourth-order valence-electron chi connectivity index (χ4n) is 2.49. The largest absolute Gasteiger partial charge is 0.396 e. The Morgan fingerprint density at radius 1 is 1.29 bits per heavy atom. The third-order valence-corrected chi connectivity index (χ3v) is 3.21. The van der Waals surface area contributed by atoms with E-state index in [4.69, 9.17) is 0 Å². The first kappa shape index (κ1) is 11.5. The van der Waals surface area contributed by atoms with E-state index < -0.39 is 0 Å². The van der Waals surface area contributed by atoms with E-state index in [9.17, 15) is 9.90 Å². The Kier molecular flexibility index (Phi) is 3.53. The van der Waals surface area contributed by atoms with Crippen molar-refractivity contribution < 1.29 is 9.90 Å². The van der Waals surface area contributed by atoms with Gasteiger partial charge in [-0.15, -0.1) is 0 Å². The topological polar surface area (TPSA) is 49.3 Å². The summed E-state index contributed by atoms with van der Waals surface area (Å²) in [4.78, 5) is 11.6. The van der Waals surface area contributed by atoms with Gasteiger partial charge in [0.2, 0.25) is 5.91 Å². The molecule has 1 fully saturated rings. The molecule has 0 unspecified atom stereocenters. The molecule has 0 bridgehead atoms. The van der Waals surface area contributed by atoms with Crippen LogP contribution in [0.25, 0.3) is 0 Å². The molecule has 0 spiro atoms. The van der Waals surface area contributed by atoms with E-state index >= 15 is 0 Å². The number of hydrogen-bond acceptors (Lipinski definition) is 2. The van der Waals surface area contributed by atoms with Gasteiger partial charge in [0.15, 0.2) is 0 Å². The third kappa shape index (κ3) is 1.92. The second-order valence-corrected chi connectivity index (χ2v) is 4.89. The standard InChI is InChI=1S/C11H21NO2/c1-6(2)9-8(5-13)11(14)12-10(9)7(3)4/h6-10,13H,5H2,1-4H3,(H,12,14)/t8-,9-,10-/m1/s1. The Bertz CT molecular complexity index is 213. The number of rotatable bonds is 3. The van der Waals surface area contributed by atoms with Crippen LogP contribution in [0.15, 0.2) is 0 Å².